The number of carbonyl (C=O) groups excluding carboxylic acids is 2. The standard InChI is InChI=1S/C19H25N3O2S/c1-12-2-3-25-16(12)10-21-22-17(23)11-20-18(24)19-7-13-4-14(8-19)6-15(5-13)9-19/h2-3,10,13-15H,4-9,11H2,1H3,(H,20,24)(H,22,23)/b21-10-. The lowest BCUT2D eigenvalue weighted by atomic mass is 9.49. The Balaban J connectivity index is 1.28. The number of amides is 2. The highest BCUT2D eigenvalue weighted by Crippen LogP contribution is 2.60. The topological polar surface area (TPSA) is 70.6 Å². The molecular weight excluding hydrogens is 334 g/mol. The second-order valence-electron chi connectivity index (χ2n) is 8.14. The van der Waals surface area contributed by atoms with E-state index >= 15 is 0 Å². The summed E-state index contributed by atoms with van der Waals surface area (Å²) in [5, 5.41) is 8.84. The molecule has 0 atom stereocenters. The predicted octanol–water partition coefficient (Wildman–Crippen LogP) is 2.84. The number of thiophene rings is 1. The third-order valence-electron chi connectivity index (χ3n) is 6.20. The summed E-state index contributed by atoms with van der Waals surface area (Å²) in [5.74, 6) is 1.99. The van der Waals surface area contributed by atoms with Gasteiger partial charge in [-0.3, -0.25) is 9.59 Å². The molecule has 4 bridgehead atoms. The van der Waals surface area contributed by atoms with E-state index in [9.17, 15) is 9.59 Å². The Labute approximate surface area is 152 Å². The van der Waals surface area contributed by atoms with Gasteiger partial charge in [0.05, 0.1) is 12.8 Å². The van der Waals surface area contributed by atoms with Gasteiger partial charge < -0.3 is 5.32 Å². The van der Waals surface area contributed by atoms with Gasteiger partial charge in [0.25, 0.3) is 5.91 Å². The molecule has 0 aromatic carbocycles. The Morgan fingerprint density at radius 1 is 1.24 bits per heavy atom. The average Bonchev–Trinajstić information content (AvgIpc) is 2.96. The van der Waals surface area contributed by atoms with Gasteiger partial charge in [-0.15, -0.1) is 11.3 Å². The lowest BCUT2D eigenvalue weighted by molar-refractivity contribution is -0.147. The molecule has 0 spiro atoms. The first kappa shape index (κ1) is 16.8. The summed E-state index contributed by atoms with van der Waals surface area (Å²) in [6.45, 7) is 2.01. The van der Waals surface area contributed by atoms with Crippen LogP contribution in [0.4, 0.5) is 0 Å². The van der Waals surface area contributed by atoms with E-state index in [2.05, 4.69) is 15.8 Å². The summed E-state index contributed by atoms with van der Waals surface area (Å²) in [6, 6.07) is 2.01. The quantitative estimate of drug-likeness (QED) is 0.627. The van der Waals surface area contributed by atoms with Gasteiger partial charge in [0.2, 0.25) is 5.91 Å². The minimum Gasteiger partial charge on any atom is -0.346 e. The van der Waals surface area contributed by atoms with Gasteiger partial charge in [-0.1, -0.05) is 0 Å². The van der Waals surface area contributed by atoms with Gasteiger partial charge in [-0.05, 0) is 80.2 Å². The van der Waals surface area contributed by atoms with Crippen LogP contribution in [0.15, 0.2) is 16.5 Å². The van der Waals surface area contributed by atoms with Crippen LogP contribution < -0.4 is 10.7 Å². The van der Waals surface area contributed by atoms with Crippen molar-refractivity contribution < 1.29 is 9.59 Å². The van der Waals surface area contributed by atoms with Crippen LogP contribution >= 0.6 is 11.3 Å². The van der Waals surface area contributed by atoms with Crippen LogP contribution in [0.3, 0.4) is 0 Å². The maximum absolute atomic E-state index is 12.8. The van der Waals surface area contributed by atoms with Crippen molar-refractivity contribution >= 4 is 29.4 Å². The molecule has 4 aliphatic rings. The third kappa shape index (κ3) is 3.36. The van der Waals surface area contributed by atoms with Crippen molar-refractivity contribution in [3.05, 3.63) is 21.9 Å². The second-order valence-corrected chi connectivity index (χ2v) is 9.09. The fourth-order valence-corrected chi connectivity index (χ4v) is 6.24. The summed E-state index contributed by atoms with van der Waals surface area (Å²) in [4.78, 5) is 25.8. The Kier molecular flexibility index (Phi) is 4.40. The largest absolute Gasteiger partial charge is 0.346 e. The number of hydrazone groups is 1. The number of nitrogens with one attached hydrogen (secondary N) is 2. The number of rotatable bonds is 5. The second kappa shape index (κ2) is 6.56. The monoisotopic (exact) mass is 359 g/mol. The van der Waals surface area contributed by atoms with Crippen LogP contribution in [0.25, 0.3) is 0 Å². The molecule has 0 radical (unpaired) electrons. The fraction of sp³-hybridized carbons (Fsp3) is 0.632. The van der Waals surface area contributed by atoms with Crippen molar-refractivity contribution in [3.63, 3.8) is 0 Å². The molecule has 25 heavy (non-hydrogen) atoms. The first-order valence-corrected chi connectivity index (χ1v) is 10.1. The molecule has 1 aromatic heterocycles. The van der Waals surface area contributed by atoms with Gasteiger partial charge in [-0.25, -0.2) is 5.43 Å². The van der Waals surface area contributed by atoms with Gasteiger partial charge in [0.15, 0.2) is 0 Å². The summed E-state index contributed by atoms with van der Waals surface area (Å²) < 4.78 is 0. The molecule has 0 aliphatic heterocycles. The van der Waals surface area contributed by atoms with E-state index < -0.39 is 0 Å². The first-order chi connectivity index (χ1) is 12.0. The molecule has 5 nitrogen and oxygen atoms in total. The minimum absolute atomic E-state index is 0.00134. The maximum Gasteiger partial charge on any atom is 0.259 e. The van der Waals surface area contributed by atoms with Crippen molar-refractivity contribution in [1.82, 2.24) is 10.7 Å². The lowest BCUT2D eigenvalue weighted by Gasteiger charge is -2.55. The summed E-state index contributed by atoms with van der Waals surface area (Å²) in [7, 11) is 0. The average molecular weight is 359 g/mol. The number of carbonyl (C=O) groups is 2. The normalized spacial score (nSPS) is 32.9. The van der Waals surface area contributed by atoms with Gasteiger partial charge in [-0.2, -0.15) is 5.10 Å². The molecule has 4 saturated carbocycles. The molecule has 134 valence electrons. The number of nitrogens with zero attached hydrogens (tertiary/aromatic N) is 1. The molecule has 6 heteroatoms. The highest BCUT2D eigenvalue weighted by atomic mass is 32.1. The van der Waals surface area contributed by atoms with E-state index in [4.69, 9.17) is 0 Å². The fourth-order valence-electron chi connectivity index (χ4n) is 5.46. The van der Waals surface area contributed by atoms with Crippen LogP contribution in [0.2, 0.25) is 0 Å². The summed E-state index contributed by atoms with van der Waals surface area (Å²) in [5.41, 5.74) is 3.43. The molecule has 0 saturated heterocycles. The van der Waals surface area contributed by atoms with Crippen LogP contribution in [-0.2, 0) is 9.59 Å². The van der Waals surface area contributed by atoms with Crippen LogP contribution in [0.5, 0.6) is 0 Å². The molecule has 1 aromatic rings. The van der Waals surface area contributed by atoms with Gasteiger partial charge >= 0.3 is 0 Å². The Hall–Kier alpha value is -1.69. The molecule has 0 unspecified atom stereocenters. The maximum atomic E-state index is 12.8. The predicted molar refractivity (Wildman–Crippen MR) is 98.4 cm³/mol. The van der Waals surface area contributed by atoms with Gasteiger partial charge in [0.1, 0.15) is 0 Å². The van der Waals surface area contributed by atoms with Crippen molar-refractivity contribution in [1.29, 1.82) is 0 Å². The van der Waals surface area contributed by atoms with Crippen molar-refractivity contribution in [2.24, 2.45) is 28.3 Å². The Morgan fingerprint density at radius 3 is 2.44 bits per heavy atom. The van der Waals surface area contributed by atoms with Gasteiger partial charge in [0, 0.05) is 10.3 Å². The molecule has 5 rings (SSSR count). The third-order valence-corrected chi connectivity index (χ3v) is 7.16. The number of hydrogen-bond acceptors (Lipinski definition) is 4. The zero-order valence-corrected chi connectivity index (χ0v) is 15.4. The molecule has 1 heterocycles. The highest BCUT2D eigenvalue weighted by Gasteiger charge is 2.54. The Morgan fingerprint density at radius 2 is 1.88 bits per heavy atom. The van der Waals surface area contributed by atoms with Crippen molar-refractivity contribution in [3.8, 4) is 0 Å². The van der Waals surface area contributed by atoms with Crippen LogP contribution in [0.1, 0.15) is 49.0 Å². The van der Waals surface area contributed by atoms with E-state index in [1.165, 1.54) is 19.3 Å². The highest BCUT2D eigenvalue weighted by molar-refractivity contribution is 7.11. The van der Waals surface area contributed by atoms with E-state index in [1.54, 1.807) is 17.6 Å². The van der Waals surface area contributed by atoms with E-state index in [1.807, 2.05) is 18.4 Å². The molecule has 4 fully saturated rings. The Bertz CT molecular complexity index is 674. The number of hydrogen-bond donors (Lipinski definition) is 2. The molecule has 4 aliphatic carbocycles. The van der Waals surface area contributed by atoms with E-state index in [0.717, 1.165) is 47.5 Å². The zero-order chi connectivity index (χ0) is 17.4. The summed E-state index contributed by atoms with van der Waals surface area (Å²) >= 11 is 1.58. The lowest BCUT2D eigenvalue weighted by Crippen LogP contribution is -2.54. The van der Waals surface area contributed by atoms with Crippen molar-refractivity contribution in [2.45, 2.75) is 45.4 Å². The van der Waals surface area contributed by atoms with E-state index in [-0.39, 0.29) is 23.8 Å². The first-order valence-electron chi connectivity index (χ1n) is 9.18. The van der Waals surface area contributed by atoms with E-state index in [0.29, 0.717) is 0 Å². The smallest absolute Gasteiger partial charge is 0.259 e. The van der Waals surface area contributed by atoms with Crippen LogP contribution in [-0.4, -0.2) is 24.6 Å². The minimum atomic E-state index is -0.275. The number of aryl methyl sites for hydroxylation is 1. The molecule has 2 amide bonds. The molecule has 2 N–H and O–H groups in total. The zero-order valence-electron chi connectivity index (χ0n) is 14.6. The van der Waals surface area contributed by atoms with Crippen LogP contribution in [0, 0.1) is 30.1 Å². The van der Waals surface area contributed by atoms with Crippen molar-refractivity contribution in [2.75, 3.05) is 6.54 Å². The summed E-state index contributed by atoms with van der Waals surface area (Å²) in [6.07, 6.45) is 8.63. The SMILES string of the molecule is Cc1ccsc1/C=N\NC(=O)CNC(=O)C12CC3CC(CC(C3)C1)C2. The molecular formula is C19H25N3O2S.